The maximum atomic E-state index is 13.3. The quantitative estimate of drug-likeness (QED) is 0.676. The zero-order valence-corrected chi connectivity index (χ0v) is 17.6. The van der Waals surface area contributed by atoms with Gasteiger partial charge in [-0.2, -0.15) is 0 Å². The Morgan fingerprint density at radius 3 is 2.90 bits per heavy atom. The number of fused-ring (bicyclic) bond motifs is 2. The lowest BCUT2D eigenvalue weighted by Crippen LogP contribution is -2.51. The lowest BCUT2D eigenvalue weighted by atomic mass is 10.1. The number of benzene rings is 1. The van der Waals surface area contributed by atoms with Crippen LogP contribution in [0.1, 0.15) is 26.1 Å². The number of hydrogen-bond acceptors (Lipinski definition) is 6. The van der Waals surface area contributed by atoms with Gasteiger partial charge in [0.2, 0.25) is 5.91 Å². The summed E-state index contributed by atoms with van der Waals surface area (Å²) in [5, 5.41) is 1.81. The third-order valence-corrected chi connectivity index (χ3v) is 5.84. The van der Waals surface area contributed by atoms with Gasteiger partial charge in [0.25, 0.3) is 11.5 Å². The van der Waals surface area contributed by atoms with Crippen molar-refractivity contribution in [3.05, 3.63) is 51.9 Å². The smallest absolute Gasteiger partial charge is 0.268 e. The van der Waals surface area contributed by atoms with Gasteiger partial charge < -0.3 is 19.5 Å². The summed E-state index contributed by atoms with van der Waals surface area (Å²) < 4.78 is 6.51. The van der Waals surface area contributed by atoms with E-state index >= 15 is 0 Å². The normalized spacial score (nSPS) is 15.5. The van der Waals surface area contributed by atoms with Gasteiger partial charge in [-0.1, -0.05) is 19.1 Å². The SMILES string of the molecule is CCCN(Cc1nc2ccsc2c(=O)[nH]1)C(=O)C1CN(C(C)=O)c2ccccc2O1. The fourth-order valence-corrected chi connectivity index (χ4v) is 4.30. The average molecular weight is 426 g/mol. The van der Waals surface area contributed by atoms with Crippen LogP contribution < -0.4 is 15.2 Å². The second-order valence-electron chi connectivity index (χ2n) is 7.11. The standard InChI is InChI=1S/C21H22N4O4S/c1-3-9-24(12-18-22-14-8-10-30-19(14)20(27)23-18)21(28)17-11-25(13(2)26)15-6-4-5-7-16(15)29-17/h4-8,10,17H,3,9,11-12H2,1-2H3,(H,22,23,27). The minimum Gasteiger partial charge on any atom is -0.476 e. The van der Waals surface area contributed by atoms with E-state index in [2.05, 4.69) is 9.97 Å². The average Bonchev–Trinajstić information content (AvgIpc) is 3.21. The number of thiophene rings is 1. The highest BCUT2D eigenvalue weighted by Gasteiger charge is 2.35. The number of aromatic nitrogens is 2. The highest BCUT2D eigenvalue weighted by atomic mass is 32.1. The maximum Gasteiger partial charge on any atom is 0.268 e. The summed E-state index contributed by atoms with van der Waals surface area (Å²) in [7, 11) is 0. The highest BCUT2D eigenvalue weighted by Crippen LogP contribution is 2.33. The molecule has 4 rings (SSSR count). The molecule has 30 heavy (non-hydrogen) atoms. The molecule has 0 aliphatic carbocycles. The summed E-state index contributed by atoms with van der Waals surface area (Å²) in [6.07, 6.45) is -0.0944. The number of carbonyl (C=O) groups excluding carboxylic acids is 2. The minimum absolute atomic E-state index is 0.138. The van der Waals surface area contributed by atoms with E-state index < -0.39 is 6.10 Å². The molecule has 1 aliphatic rings. The lowest BCUT2D eigenvalue weighted by molar-refractivity contribution is -0.139. The van der Waals surface area contributed by atoms with Gasteiger partial charge in [0.1, 0.15) is 16.3 Å². The van der Waals surface area contributed by atoms with Crippen molar-refractivity contribution >= 4 is 39.1 Å². The number of H-pyrrole nitrogens is 1. The molecule has 3 aromatic rings. The van der Waals surface area contributed by atoms with Crippen molar-refractivity contribution in [2.45, 2.75) is 32.9 Å². The van der Waals surface area contributed by atoms with Crippen molar-refractivity contribution in [1.29, 1.82) is 0 Å². The summed E-state index contributed by atoms with van der Waals surface area (Å²) in [4.78, 5) is 48.2. The monoisotopic (exact) mass is 426 g/mol. The van der Waals surface area contributed by atoms with Crippen LogP contribution in [0.4, 0.5) is 5.69 Å². The third-order valence-electron chi connectivity index (χ3n) is 4.94. The Labute approximate surface area is 177 Å². The van der Waals surface area contributed by atoms with Gasteiger partial charge in [-0.25, -0.2) is 4.98 Å². The van der Waals surface area contributed by atoms with Crippen LogP contribution in [0.2, 0.25) is 0 Å². The van der Waals surface area contributed by atoms with Crippen molar-refractivity contribution < 1.29 is 14.3 Å². The predicted octanol–water partition coefficient (Wildman–Crippen LogP) is 2.54. The van der Waals surface area contributed by atoms with Crippen LogP contribution in [-0.4, -0.2) is 45.9 Å². The van der Waals surface area contributed by atoms with E-state index in [-0.39, 0.29) is 30.5 Å². The summed E-state index contributed by atoms with van der Waals surface area (Å²) in [6.45, 7) is 4.22. The number of nitrogens with one attached hydrogen (secondary N) is 1. The number of amides is 2. The zero-order chi connectivity index (χ0) is 21.3. The number of carbonyl (C=O) groups is 2. The Hall–Kier alpha value is -3.20. The van der Waals surface area contributed by atoms with Gasteiger partial charge in [-0.05, 0) is 30.0 Å². The van der Waals surface area contributed by atoms with Crippen LogP contribution in [0.3, 0.4) is 0 Å². The molecule has 0 fully saturated rings. The second-order valence-corrected chi connectivity index (χ2v) is 8.03. The van der Waals surface area contributed by atoms with E-state index in [0.717, 1.165) is 6.42 Å². The number of para-hydroxylation sites is 2. The molecule has 0 saturated carbocycles. The van der Waals surface area contributed by atoms with E-state index in [1.807, 2.05) is 18.4 Å². The van der Waals surface area contributed by atoms with Crippen molar-refractivity contribution in [3.63, 3.8) is 0 Å². The Bertz CT molecular complexity index is 1160. The highest BCUT2D eigenvalue weighted by molar-refractivity contribution is 7.17. The molecular formula is C21H22N4O4S. The number of hydrogen-bond donors (Lipinski definition) is 1. The van der Waals surface area contributed by atoms with E-state index in [9.17, 15) is 14.4 Å². The van der Waals surface area contributed by atoms with Crippen molar-refractivity contribution in [2.24, 2.45) is 0 Å². The van der Waals surface area contributed by atoms with Crippen LogP contribution in [0.25, 0.3) is 10.2 Å². The van der Waals surface area contributed by atoms with Gasteiger partial charge in [-0.15, -0.1) is 11.3 Å². The van der Waals surface area contributed by atoms with Crippen LogP contribution in [-0.2, 0) is 16.1 Å². The molecule has 0 radical (unpaired) electrons. The Kier molecular flexibility index (Phi) is 5.54. The van der Waals surface area contributed by atoms with Gasteiger partial charge in [0.15, 0.2) is 6.10 Å². The van der Waals surface area contributed by atoms with Crippen molar-refractivity contribution in [2.75, 3.05) is 18.0 Å². The molecule has 1 aliphatic heterocycles. The van der Waals surface area contributed by atoms with Crippen LogP contribution in [0, 0.1) is 0 Å². The first kappa shape index (κ1) is 20.1. The molecule has 0 saturated heterocycles. The molecule has 2 aromatic heterocycles. The molecule has 1 atom stereocenters. The third kappa shape index (κ3) is 3.80. The molecule has 0 bridgehead atoms. The minimum atomic E-state index is -0.827. The number of ether oxygens (including phenoxy) is 1. The summed E-state index contributed by atoms with van der Waals surface area (Å²) >= 11 is 1.33. The molecule has 3 heterocycles. The number of anilines is 1. The topological polar surface area (TPSA) is 95.6 Å². The van der Waals surface area contributed by atoms with Gasteiger partial charge in [0.05, 0.1) is 24.3 Å². The predicted molar refractivity (Wildman–Crippen MR) is 115 cm³/mol. The fourth-order valence-electron chi connectivity index (χ4n) is 3.58. The van der Waals surface area contributed by atoms with Crippen LogP contribution >= 0.6 is 11.3 Å². The van der Waals surface area contributed by atoms with Crippen LogP contribution in [0.5, 0.6) is 5.75 Å². The largest absolute Gasteiger partial charge is 0.476 e. The second kappa shape index (κ2) is 8.27. The van der Waals surface area contributed by atoms with E-state index in [0.29, 0.717) is 34.0 Å². The maximum absolute atomic E-state index is 13.3. The number of aromatic amines is 1. The van der Waals surface area contributed by atoms with E-state index in [1.54, 1.807) is 34.1 Å². The summed E-state index contributed by atoms with van der Waals surface area (Å²) in [5.74, 6) is 0.525. The first-order chi connectivity index (χ1) is 14.5. The van der Waals surface area contributed by atoms with E-state index in [4.69, 9.17) is 4.74 Å². The molecule has 1 aromatic carbocycles. The molecule has 156 valence electrons. The zero-order valence-electron chi connectivity index (χ0n) is 16.8. The number of rotatable bonds is 5. The fraction of sp³-hybridized carbons (Fsp3) is 0.333. The first-order valence-electron chi connectivity index (χ1n) is 9.77. The molecule has 2 amide bonds. The lowest BCUT2D eigenvalue weighted by Gasteiger charge is -2.35. The van der Waals surface area contributed by atoms with Crippen LogP contribution in [0.15, 0.2) is 40.5 Å². The Balaban J connectivity index is 1.60. The molecule has 1 unspecified atom stereocenters. The van der Waals surface area contributed by atoms with Gasteiger partial charge in [0, 0.05) is 13.5 Å². The van der Waals surface area contributed by atoms with Gasteiger partial charge >= 0.3 is 0 Å². The van der Waals surface area contributed by atoms with Gasteiger partial charge in [-0.3, -0.25) is 14.4 Å². The van der Waals surface area contributed by atoms with Crippen molar-refractivity contribution in [1.82, 2.24) is 14.9 Å². The Morgan fingerprint density at radius 1 is 1.33 bits per heavy atom. The van der Waals surface area contributed by atoms with Crippen molar-refractivity contribution in [3.8, 4) is 5.75 Å². The number of nitrogens with zero attached hydrogens (tertiary/aromatic N) is 3. The summed E-state index contributed by atoms with van der Waals surface area (Å²) in [5.41, 5.74) is 1.07. The molecule has 0 spiro atoms. The molecular weight excluding hydrogens is 404 g/mol. The molecule has 9 heteroatoms. The summed E-state index contributed by atoms with van der Waals surface area (Å²) in [6, 6.07) is 8.96. The van der Waals surface area contributed by atoms with E-state index in [1.165, 1.54) is 18.3 Å². The molecule has 1 N–H and O–H groups in total. The molecule has 8 nitrogen and oxygen atoms in total. The first-order valence-corrected chi connectivity index (χ1v) is 10.6. The Morgan fingerprint density at radius 2 is 2.13 bits per heavy atom.